The number of ether oxygens (including phenoxy) is 3. The van der Waals surface area contributed by atoms with Gasteiger partial charge in [-0.25, -0.2) is 0 Å². The maximum atomic E-state index is 11.6. The van der Waals surface area contributed by atoms with Crippen LogP contribution in [0.25, 0.3) is 5.69 Å². The highest BCUT2D eigenvalue weighted by atomic mass is 35.5. The van der Waals surface area contributed by atoms with E-state index >= 15 is 0 Å². The van der Waals surface area contributed by atoms with Gasteiger partial charge in [0.05, 0.1) is 47.1 Å². The lowest BCUT2D eigenvalue weighted by atomic mass is 9.96. The molecule has 1 aliphatic rings. The van der Waals surface area contributed by atoms with Crippen LogP contribution in [0.15, 0.2) is 66.9 Å². The van der Waals surface area contributed by atoms with E-state index in [1.807, 2.05) is 59.7 Å². The molecule has 1 fully saturated rings. The Hall–Kier alpha value is -4.19. The molecule has 1 saturated heterocycles. The van der Waals surface area contributed by atoms with Crippen molar-refractivity contribution < 1.29 is 19.1 Å². The van der Waals surface area contributed by atoms with Crippen molar-refractivity contribution in [2.45, 2.75) is 25.9 Å². The molecule has 2 unspecified atom stereocenters. The Morgan fingerprint density at radius 1 is 1.07 bits per heavy atom. The van der Waals surface area contributed by atoms with E-state index in [4.69, 9.17) is 38.0 Å². The number of rotatable bonds is 10. The van der Waals surface area contributed by atoms with Gasteiger partial charge in [0.1, 0.15) is 18.1 Å². The van der Waals surface area contributed by atoms with Crippen molar-refractivity contribution in [2.24, 2.45) is 0 Å². The largest absolute Gasteiger partial charge is 0.495 e. The molecule has 3 heterocycles. The van der Waals surface area contributed by atoms with Gasteiger partial charge in [0.15, 0.2) is 5.11 Å². The van der Waals surface area contributed by atoms with Gasteiger partial charge in [-0.05, 0) is 74.1 Å². The number of nitro groups is 1. The van der Waals surface area contributed by atoms with E-state index in [9.17, 15) is 10.1 Å². The predicted molar refractivity (Wildman–Crippen MR) is 165 cm³/mol. The van der Waals surface area contributed by atoms with Crippen LogP contribution in [0.5, 0.6) is 11.5 Å². The van der Waals surface area contributed by atoms with Gasteiger partial charge in [0.25, 0.3) is 5.69 Å². The number of halogens is 1. The van der Waals surface area contributed by atoms with Crippen LogP contribution in [0.3, 0.4) is 0 Å². The number of aryl methyl sites for hydroxylation is 1. The highest BCUT2D eigenvalue weighted by molar-refractivity contribution is 7.80. The molecule has 0 radical (unpaired) electrons. The van der Waals surface area contributed by atoms with E-state index in [-0.39, 0.29) is 17.8 Å². The number of aromatic nitrogens is 2. The van der Waals surface area contributed by atoms with E-state index in [0.29, 0.717) is 40.5 Å². The Kier molecular flexibility index (Phi) is 8.62. The molecule has 5 rings (SSSR count). The molecule has 2 aromatic carbocycles. The predicted octanol–water partition coefficient (Wildman–Crippen LogP) is 6.26. The number of thiocarbonyl (C=S) groups is 1. The number of non-ortho nitro benzene ring substituents is 1. The van der Waals surface area contributed by atoms with Crippen LogP contribution in [0.2, 0.25) is 5.02 Å². The minimum absolute atomic E-state index is 0.0287. The van der Waals surface area contributed by atoms with Crippen molar-refractivity contribution in [2.75, 3.05) is 32.3 Å². The summed E-state index contributed by atoms with van der Waals surface area (Å²) in [5.41, 5.74) is 4.84. The summed E-state index contributed by atoms with van der Waals surface area (Å²) in [6.07, 6.45) is 1.75. The van der Waals surface area contributed by atoms with Gasteiger partial charge >= 0.3 is 0 Å². The third-order valence-corrected chi connectivity index (χ3v) is 7.85. The summed E-state index contributed by atoms with van der Waals surface area (Å²) >= 11 is 12.5. The SMILES string of the molecule is COCCOc1ccc(N2C(=S)NC(c3ccccn3)C2c2cc(C)n(-c3cc([N+](=O)[O-])ccc3OC)c2C)cc1Cl. The Bertz CT molecular complexity index is 1630. The van der Waals surface area contributed by atoms with E-state index in [2.05, 4.69) is 16.4 Å². The van der Waals surface area contributed by atoms with Crippen molar-refractivity contribution in [1.82, 2.24) is 14.9 Å². The van der Waals surface area contributed by atoms with Crippen molar-refractivity contribution in [1.29, 1.82) is 0 Å². The summed E-state index contributed by atoms with van der Waals surface area (Å²) in [6.45, 7) is 4.75. The maximum Gasteiger partial charge on any atom is 0.271 e. The van der Waals surface area contributed by atoms with E-state index in [0.717, 1.165) is 28.3 Å². The number of nitro benzene ring substituents is 1. The number of hydrogen-bond acceptors (Lipinski definition) is 7. The summed E-state index contributed by atoms with van der Waals surface area (Å²) in [5.74, 6) is 1.06. The lowest BCUT2D eigenvalue weighted by Gasteiger charge is -2.28. The molecule has 218 valence electrons. The summed E-state index contributed by atoms with van der Waals surface area (Å²) in [6, 6.07) is 17.3. The van der Waals surface area contributed by atoms with Crippen LogP contribution in [-0.4, -0.2) is 47.0 Å². The highest BCUT2D eigenvalue weighted by Gasteiger charge is 2.42. The summed E-state index contributed by atoms with van der Waals surface area (Å²) in [4.78, 5) is 17.9. The zero-order valence-corrected chi connectivity index (χ0v) is 25.1. The molecule has 1 N–H and O–H groups in total. The molecule has 2 atom stereocenters. The zero-order chi connectivity index (χ0) is 30.0. The van der Waals surface area contributed by atoms with E-state index in [1.54, 1.807) is 26.5 Å². The lowest BCUT2D eigenvalue weighted by Crippen LogP contribution is -2.29. The molecule has 0 amide bonds. The second-order valence-electron chi connectivity index (χ2n) is 9.73. The second kappa shape index (κ2) is 12.4. The minimum Gasteiger partial charge on any atom is -0.495 e. The Morgan fingerprint density at radius 2 is 1.86 bits per heavy atom. The zero-order valence-electron chi connectivity index (χ0n) is 23.5. The number of methoxy groups -OCH3 is 2. The van der Waals surface area contributed by atoms with Gasteiger partial charge in [0, 0.05) is 42.5 Å². The molecule has 1 aliphatic heterocycles. The molecular weight excluding hydrogens is 578 g/mol. The third kappa shape index (κ3) is 5.50. The minimum atomic E-state index is -0.414. The number of nitrogens with one attached hydrogen (secondary N) is 1. The molecule has 2 aromatic heterocycles. The third-order valence-electron chi connectivity index (χ3n) is 7.24. The topological polar surface area (TPSA) is 104 Å². The summed E-state index contributed by atoms with van der Waals surface area (Å²) < 4.78 is 18.4. The lowest BCUT2D eigenvalue weighted by molar-refractivity contribution is -0.384. The first-order chi connectivity index (χ1) is 20.2. The molecule has 0 aliphatic carbocycles. The van der Waals surface area contributed by atoms with Crippen LogP contribution >= 0.6 is 23.8 Å². The maximum absolute atomic E-state index is 11.6. The second-order valence-corrected chi connectivity index (χ2v) is 10.5. The summed E-state index contributed by atoms with van der Waals surface area (Å²) in [5, 5.41) is 16.0. The summed E-state index contributed by atoms with van der Waals surface area (Å²) in [7, 11) is 3.16. The van der Waals surface area contributed by atoms with Crippen molar-refractivity contribution >= 4 is 40.3 Å². The van der Waals surface area contributed by atoms with Gasteiger partial charge < -0.3 is 29.0 Å². The molecule has 0 spiro atoms. The van der Waals surface area contributed by atoms with Crippen molar-refractivity contribution in [3.05, 3.63) is 105 Å². The Labute approximate surface area is 253 Å². The van der Waals surface area contributed by atoms with Crippen molar-refractivity contribution in [3.8, 4) is 17.2 Å². The first kappa shape index (κ1) is 29.3. The number of hydrogen-bond donors (Lipinski definition) is 1. The molecular formula is C30H30ClN5O5S. The quantitative estimate of drug-likeness (QED) is 0.0967. The van der Waals surface area contributed by atoms with Gasteiger partial charge in [-0.3, -0.25) is 15.1 Å². The first-order valence-corrected chi connectivity index (χ1v) is 14.0. The molecule has 0 bridgehead atoms. The van der Waals surface area contributed by atoms with Gasteiger partial charge in [-0.15, -0.1) is 0 Å². The standard InChI is InChI=1S/C30H30ClN5O5S/c1-18-15-22(19(2)34(18)25-17-21(36(37)38)9-11-27(25)40-4)29-28(24-7-5-6-12-32-24)33-30(42)35(29)20-8-10-26(23(31)16-20)41-14-13-39-3/h5-12,15-17,28-29H,13-14H2,1-4H3,(H,33,42). The Morgan fingerprint density at radius 3 is 2.52 bits per heavy atom. The van der Waals surface area contributed by atoms with Crippen LogP contribution in [0.1, 0.15) is 34.7 Å². The average molecular weight is 608 g/mol. The van der Waals surface area contributed by atoms with Gasteiger partial charge in [0.2, 0.25) is 0 Å². The molecule has 0 saturated carbocycles. The number of benzene rings is 2. The molecule has 12 heteroatoms. The average Bonchev–Trinajstić information content (AvgIpc) is 3.48. The van der Waals surface area contributed by atoms with Crippen molar-refractivity contribution in [3.63, 3.8) is 0 Å². The van der Waals surface area contributed by atoms with Crippen LogP contribution in [-0.2, 0) is 4.74 Å². The van der Waals surface area contributed by atoms with E-state index in [1.165, 1.54) is 12.1 Å². The Balaban J connectivity index is 1.64. The van der Waals surface area contributed by atoms with Crippen LogP contribution in [0, 0.1) is 24.0 Å². The van der Waals surface area contributed by atoms with E-state index < -0.39 is 4.92 Å². The normalized spacial score (nSPS) is 16.4. The first-order valence-electron chi connectivity index (χ1n) is 13.2. The fourth-order valence-electron chi connectivity index (χ4n) is 5.37. The fraction of sp³-hybridized carbons (Fsp3) is 0.267. The molecule has 10 nitrogen and oxygen atoms in total. The number of anilines is 1. The number of nitrogens with zero attached hydrogens (tertiary/aromatic N) is 4. The number of pyridine rings is 1. The molecule has 4 aromatic rings. The monoisotopic (exact) mass is 607 g/mol. The smallest absolute Gasteiger partial charge is 0.271 e. The molecule has 42 heavy (non-hydrogen) atoms. The van der Waals surface area contributed by atoms with Gasteiger partial charge in [-0.1, -0.05) is 17.7 Å². The van der Waals surface area contributed by atoms with Crippen LogP contribution < -0.4 is 19.7 Å². The fourth-order valence-corrected chi connectivity index (χ4v) is 5.94. The highest BCUT2D eigenvalue weighted by Crippen LogP contribution is 2.45. The van der Waals surface area contributed by atoms with Crippen LogP contribution in [0.4, 0.5) is 11.4 Å². The van der Waals surface area contributed by atoms with Gasteiger partial charge in [-0.2, -0.15) is 0 Å².